The molecule has 2 N–H and O–H groups in total. The Morgan fingerprint density at radius 1 is 1.86 bits per heavy atom. The molecule has 0 heterocycles. The van der Waals surface area contributed by atoms with E-state index in [1.807, 2.05) is 0 Å². The Morgan fingerprint density at radius 2 is 2.29 bits per heavy atom. The van der Waals surface area contributed by atoms with E-state index in [0.29, 0.717) is 0 Å². The fraction of sp³-hybridized carbons (Fsp3) is 1.00. The Bertz CT molecular complexity index is 76.2. The van der Waals surface area contributed by atoms with Crippen LogP contribution in [0.1, 0.15) is 26.7 Å². The maximum Gasteiger partial charge on any atom is 0.0158 e. The molecule has 2 unspecified atom stereocenters. The second kappa shape index (κ2) is 1.22. The molecule has 1 saturated carbocycles. The SMILES string of the molecule is CCC1CC1(C)N. The molecule has 0 bridgehead atoms. The highest BCUT2D eigenvalue weighted by molar-refractivity contribution is 5.02. The molecule has 0 aromatic carbocycles. The molecule has 0 amide bonds. The lowest BCUT2D eigenvalue weighted by molar-refractivity contribution is 0.633. The van der Waals surface area contributed by atoms with Crippen molar-refractivity contribution in [1.29, 1.82) is 0 Å². The van der Waals surface area contributed by atoms with Crippen LogP contribution in [0.3, 0.4) is 0 Å². The third-order valence-electron chi connectivity index (χ3n) is 1.95. The van der Waals surface area contributed by atoms with Gasteiger partial charge in [-0.05, 0) is 19.3 Å². The normalized spacial score (nSPS) is 49.3. The lowest BCUT2D eigenvalue weighted by Gasteiger charge is -1.96. The Labute approximate surface area is 44.9 Å². The van der Waals surface area contributed by atoms with E-state index in [1.165, 1.54) is 12.8 Å². The van der Waals surface area contributed by atoms with Crippen LogP contribution >= 0.6 is 0 Å². The van der Waals surface area contributed by atoms with E-state index in [9.17, 15) is 0 Å². The molecular weight excluding hydrogens is 86.1 g/mol. The van der Waals surface area contributed by atoms with Crippen molar-refractivity contribution in [2.75, 3.05) is 0 Å². The molecule has 0 aromatic heterocycles. The Kier molecular flexibility index (Phi) is 0.890. The topological polar surface area (TPSA) is 26.0 Å². The fourth-order valence-corrected chi connectivity index (χ4v) is 1.08. The summed E-state index contributed by atoms with van der Waals surface area (Å²) in [6.45, 7) is 4.32. The van der Waals surface area contributed by atoms with Crippen LogP contribution < -0.4 is 5.73 Å². The van der Waals surface area contributed by atoms with Crippen LogP contribution in [0.4, 0.5) is 0 Å². The van der Waals surface area contributed by atoms with Crippen molar-refractivity contribution >= 4 is 0 Å². The smallest absolute Gasteiger partial charge is 0.0158 e. The van der Waals surface area contributed by atoms with Crippen LogP contribution in [-0.2, 0) is 0 Å². The van der Waals surface area contributed by atoms with Crippen LogP contribution in [0.5, 0.6) is 0 Å². The van der Waals surface area contributed by atoms with E-state index in [2.05, 4.69) is 13.8 Å². The molecule has 42 valence electrons. The summed E-state index contributed by atoms with van der Waals surface area (Å²) < 4.78 is 0. The van der Waals surface area contributed by atoms with Gasteiger partial charge >= 0.3 is 0 Å². The van der Waals surface area contributed by atoms with Gasteiger partial charge in [-0.25, -0.2) is 0 Å². The van der Waals surface area contributed by atoms with E-state index in [-0.39, 0.29) is 5.54 Å². The van der Waals surface area contributed by atoms with Crippen molar-refractivity contribution in [3.05, 3.63) is 0 Å². The zero-order valence-electron chi connectivity index (χ0n) is 5.07. The summed E-state index contributed by atoms with van der Waals surface area (Å²) in [7, 11) is 0. The van der Waals surface area contributed by atoms with Crippen LogP contribution in [0.2, 0.25) is 0 Å². The second-order valence-corrected chi connectivity index (χ2v) is 2.82. The summed E-state index contributed by atoms with van der Waals surface area (Å²) in [6.07, 6.45) is 2.50. The lowest BCUT2D eigenvalue weighted by atomic mass is 10.2. The standard InChI is InChI=1S/C6H13N/c1-3-5-4-6(5,2)7/h5H,3-4,7H2,1-2H3. The van der Waals surface area contributed by atoms with Crippen LogP contribution in [0.15, 0.2) is 0 Å². The van der Waals surface area contributed by atoms with E-state index in [0.717, 1.165) is 5.92 Å². The minimum Gasteiger partial charge on any atom is -0.325 e. The molecule has 1 heteroatoms. The maximum absolute atomic E-state index is 5.72. The zero-order valence-corrected chi connectivity index (χ0v) is 5.07. The fourth-order valence-electron chi connectivity index (χ4n) is 1.08. The summed E-state index contributed by atoms with van der Waals surface area (Å²) in [5.74, 6) is 0.826. The van der Waals surface area contributed by atoms with Gasteiger partial charge in [0.15, 0.2) is 0 Å². The third kappa shape index (κ3) is 0.778. The molecule has 0 saturated heterocycles. The minimum absolute atomic E-state index is 0.217. The van der Waals surface area contributed by atoms with Crippen LogP contribution in [-0.4, -0.2) is 5.54 Å². The van der Waals surface area contributed by atoms with Gasteiger partial charge in [0.2, 0.25) is 0 Å². The van der Waals surface area contributed by atoms with E-state index < -0.39 is 0 Å². The van der Waals surface area contributed by atoms with Gasteiger partial charge in [0.05, 0.1) is 0 Å². The summed E-state index contributed by atoms with van der Waals surface area (Å²) in [5, 5.41) is 0. The van der Waals surface area contributed by atoms with E-state index in [1.54, 1.807) is 0 Å². The van der Waals surface area contributed by atoms with Gasteiger partial charge in [-0.15, -0.1) is 0 Å². The first kappa shape index (κ1) is 5.10. The highest BCUT2D eigenvalue weighted by atomic mass is 14.8. The first-order valence-corrected chi connectivity index (χ1v) is 2.95. The average Bonchev–Trinajstić information content (AvgIpc) is 2.13. The molecule has 0 aliphatic heterocycles. The number of nitrogens with two attached hydrogens (primary N) is 1. The third-order valence-corrected chi connectivity index (χ3v) is 1.95. The summed E-state index contributed by atoms with van der Waals surface area (Å²) in [4.78, 5) is 0. The zero-order chi connectivity index (χ0) is 5.49. The van der Waals surface area contributed by atoms with Gasteiger partial charge in [0.1, 0.15) is 0 Å². The lowest BCUT2D eigenvalue weighted by Crippen LogP contribution is -2.18. The van der Waals surface area contributed by atoms with Crippen molar-refractivity contribution in [2.45, 2.75) is 32.2 Å². The summed E-state index contributed by atoms with van der Waals surface area (Å²) in [5.41, 5.74) is 5.94. The van der Waals surface area contributed by atoms with Gasteiger partial charge in [0.25, 0.3) is 0 Å². The van der Waals surface area contributed by atoms with Gasteiger partial charge in [0, 0.05) is 5.54 Å². The first-order chi connectivity index (χ1) is 3.17. The van der Waals surface area contributed by atoms with Crippen molar-refractivity contribution in [1.82, 2.24) is 0 Å². The quantitative estimate of drug-likeness (QED) is 0.524. The second-order valence-electron chi connectivity index (χ2n) is 2.82. The number of rotatable bonds is 1. The Morgan fingerprint density at radius 3 is 2.29 bits per heavy atom. The largest absolute Gasteiger partial charge is 0.325 e. The summed E-state index contributed by atoms with van der Waals surface area (Å²) in [6, 6.07) is 0. The molecule has 1 nitrogen and oxygen atoms in total. The molecule has 1 rings (SSSR count). The van der Waals surface area contributed by atoms with Gasteiger partial charge < -0.3 is 5.73 Å². The highest BCUT2D eigenvalue weighted by Crippen LogP contribution is 2.42. The highest BCUT2D eigenvalue weighted by Gasteiger charge is 2.44. The molecule has 0 radical (unpaired) electrons. The molecule has 0 aromatic rings. The Balaban J connectivity index is 2.30. The van der Waals surface area contributed by atoms with Crippen LogP contribution in [0, 0.1) is 5.92 Å². The molecule has 7 heavy (non-hydrogen) atoms. The molecule has 1 aliphatic carbocycles. The van der Waals surface area contributed by atoms with Gasteiger partial charge in [-0.3, -0.25) is 0 Å². The Hall–Kier alpha value is -0.0400. The molecule has 2 atom stereocenters. The molecular formula is C6H13N. The van der Waals surface area contributed by atoms with Gasteiger partial charge in [-0.1, -0.05) is 13.3 Å². The van der Waals surface area contributed by atoms with Crippen molar-refractivity contribution in [3.63, 3.8) is 0 Å². The molecule has 1 fully saturated rings. The first-order valence-electron chi connectivity index (χ1n) is 2.95. The predicted octanol–water partition coefficient (Wildman–Crippen LogP) is 1.13. The molecule has 0 spiro atoms. The monoisotopic (exact) mass is 99.1 g/mol. The van der Waals surface area contributed by atoms with Crippen molar-refractivity contribution < 1.29 is 0 Å². The van der Waals surface area contributed by atoms with Crippen molar-refractivity contribution in [2.24, 2.45) is 11.7 Å². The number of hydrogen-bond acceptors (Lipinski definition) is 1. The van der Waals surface area contributed by atoms with Crippen LogP contribution in [0.25, 0.3) is 0 Å². The predicted molar refractivity (Wildman–Crippen MR) is 31.0 cm³/mol. The van der Waals surface area contributed by atoms with Gasteiger partial charge in [-0.2, -0.15) is 0 Å². The maximum atomic E-state index is 5.72. The molecule has 1 aliphatic rings. The minimum atomic E-state index is 0.217. The van der Waals surface area contributed by atoms with E-state index >= 15 is 0 Å². The summed E-state index contributed by atoms with van der Waals surface area (Å²) >= 11 is 0. The van der Waals surface area contributed by atoms with E-state index in [4.69, 9.17) is 5.73 Å². The van der Waals surface area contributed by atoms with Crippen molar-refractivity contribution in [3.8, 4) is 0 Å². The number of hydrogen-bond donors (Lipinski definition) is 1. The average molecular weight is 99.2 g/mol.